The first-order valence-corrected chi connectivity index (χ1v) is 20.1. The van der Waals surface area contributed by atoms with Crippen molar-refractivity contribution in [3.63, 3.8) is 0 Å². The van der Waals surface area contributed by atoms with E-state index in [9.17, 15) is 5.26 Å². The van der Waals surface area contributed by atoms with E-state index in [-0.39, 0.29) is 0 Å². The van der Waals surface area contributed by atoms with Crippen LogP contribution in [0.2, 0.25) is 0 Å². The molecule has 0 bridgehead atoms. The zero-order chi connectivity index (χ0) is 39.5. The standard InChI is InChI=1S/C54H31N5O/c55-31-33-20-24-48-40(27-33)38-13-4-8-18-47(38)59(48)37-30-45-53(57-32-37)52-44(16-10-26-56-52)54(45)42-15-6-9-19-50(42)60-51-29-35(21-23-43(51)54)34-22-25-49-41(28-34)39-14-5-7-17-46(39)58(49)36-11-2-1-3-12-36/h1-30,32H. The van der Waals surface area contributed by atoms with Gasteiger partial charge >= 0.3 is 0 Å². The summed E-state index contributed by atoms with van der Waals surface area (Å²) in [7, 11) is 0. The number of nitriles is 1. The molecular weight excluding hydrogens is 735 g/mol. The second-order valence-electron chi connectivity index (χ2n) is 15.7. The first-order valence-electron chi connectivity index (χ1n) is 20.1. The Labute approximate surface area is 344 Å². The second kappa shape index (κ2) is 12.1. The summed E-state index contributed by atoms with van der Waals surface area (Å²) in [4.78, 5) is 10.3. The van der Waals surface area contributed by atoms with Gasteiger partial charge in [-0.05, 0) is 95.6 Å². The number of hydrogen-bond donors (Lipinski definition) is 0. The molecule has 13 rings (SSSR count). The van der Waals surface area contributed by atoms with E-state index < -0.39 is 5.41 Å². The van der Waals surface area contributed by atoms with Crippen molar-refractivity contribution in [2.75, 3.05) is 0 Å². The molecule has 1 atom stereocenters. The second-order valence-corrected chi connectivity index (χ2v) is 15.7. The fraction of sp³-hybridized carbons (Fsp3) is 0.0185. The van der Waals surface area contributed by atoms with Crippen molar-refractivity contribution in [3.05, 3.63) is 216 Å². The third-order valence-electron chi connectivity index (χ3n) is 12.7. The molecule has 1 unspecified atom stereocenters. The molecule has 1 spiro atoms. The van der Waals surface area contributed by atoms with Crippen LogP contribution in [0.1, 0.15) is 27.8 Å². The molecule has 0 fully saturated rings. The molecule has 2 aliphatic rings. The van der Waals surface area contributed by atoms with Crippen LogP contribution in [0.4, 0.5) is 0 Å². The summed E-state index contributed by atoms with van der Waals surface area (Å²) >= 11 is 0. The molecule has 60 heavy (non-hydrogen) atoms. The monoisotopic (exact) mass is 765 g/mol. The lowest BCUT2D eigenvalue weighted by molar-refractivity contribution is 0.436. The molecule has 0 saturated carbocycles. The number of benzene rings is 7. The molecule has 278 valence electrons. The van der Waals surface area contributed by atoms with E-state index in [2.05, 4.69) is 161 Å². The van der Waals surface area contributed by atoms with Gasteiger partial charge in [-0.15, -0.1) is 0 Å². The summed E-state index contributed by atoms with van der Waals surface area (Å²) < 4.78 is 11.6. The van der Waals surface area contributed by atoms with E-state index in [1.165, 1.54) is 16.3 Å². The van der Waals surface area contributed by atoms with Crippen molar-refractivity contribution >= 4 is 43.6 Å². The predicted molar refractivity (Wildman–Crippen MR) is 238 cm³/mol. The van der Waals surface area contributed by atoms with Gasteiger partial charge < -0.3 is 13.9 Å². The third kappa shape index (κ3) is 4.30. The quantitative estimate of drug-likeness (QED) is 0.180. The molecule has 0 radical (unpaired) electrons. The summed E-state index contributed by atoms with van der Waals surface area (Å²) in [5.74, 6) is 1.60. The van der Waals surface area contributed by atoms with Crippen molar-refractivity contribution < 1.29 is 4.74 Å². The van der Waals surface area contributed by atoms with Gasteiger partial charge in [0.15, 0.2) is 0 Å². The average molecular weight is 766 g/mol. The molecule has 1 aliphatic heterocycles. The van der Waals surface area contributed by atoms with Gasteiger partial charge in [0.05, 0.1) is 62.4 Å². The average Bonchev–Trinajstić information content (AvgIpc) is 3.93. The number of para-hydroxylation sites is 4. The summed E-state index contributed by atoms with van der Waals surface area (Å²) in [6.45, 7) is 0. The lowest BCUT2D eigenvalue weighted by Crippen LogP contribution is -2.32. The highest BCUT2D eigenvalue weighted by molar-refractivity contribution is 6.11. The predicted octanol–water partition coefficient (Wildman–Crippen LogP) is 12.7. The number of pyridine rings is 2. The molecule has 0 amide bonds. The zero-order valence-corrected chi connectivity index (χ0v) is 32.0. The number of rotatable bonds is 3. The summed E-state index contributed by atoms with van der Waals surface area (Å²) in [5, 5.41) is 14.3. The lowest BCUT2D eigenvalue weighted by atomic mass is 9.66. The van der Waals surface area contributed by atoms with Crippen LogP contribution in [-0.2, 0) is 5.41 Å². The molecule has 7 aromatic carbocycles. The van der Waals surface area contributed by atoms with Crippen molar-refractivity contribution in [1.82, 2.24) is 19.1 Å². The Kier molecular flexibility index (Phi) is 6.62. The number of fused-ring (bicyclic) bond motifs is 15. The van der Waals surface area contributed by atoms with E-state index in [0.29, 0.717) is 5.56 Å². The third-order valence-corrected chi connectivity index (χ3v) is 12.7. The maximum Gasteiger partial charge on any atom is 0.132 e. The fourth-order valence-electron chi connectivity index (χ4n) is 10.2. The topological polar surface area (TPSA) is 68.7 Å². The molecular formula is C54H31N5O. The highest BCUT2D eigenvalue weighted by atomic mass is 16.5. The Morgan fingerprint density at radius 1 is 0.450 bits per heavy atom. The Hall–Kier alpha value is -8.27. The minimum absolute atomic E-state index is 0.631. The van der Waals surface area contributed by atoms with Crippen LogP contribution < -0.4 is 4.74 Å². The molecule has 6 heteroatoms. The number of aromatic nitrogens is 4. The van der Waals surface area contributed by atoms with Crippen LogP contribution in [0.3, 0.4) is 0 Å². The van der Waals surface area contributed by atoms with E-state index in [1.807, 2.05) is 42.7 Å². The van der Waals surface area contributed by atoms with Gasteiger partial charge in [-0.25, -0.2) is 0 Å². The van der Waals surface area contributed by atoms with Gasteiger partial charge in [-0.3, -0.25) is 9.97 Å². The van der Waals surface area contributed by atoms with Crippen LogP contribution in [0.15, 0.2) is 188 Å². The van der Waals surface area contributed by atoms with Gasteiger partial charge in [0.1, 0.15) is 11.5 Å². The summed E-state index contributed by atoms with van der Waals surface area (Å²) in [5.41, 5.74) is 14.5. The van der Waals surface area contributed by atoms with Crippen molar-refractivity contribution in [3.8, 4) is 51.5 Å². The van der Waals surface area contributed by atoms with Crippen LogP contribution in [0.25, 0.3) is 77.5 Å². The Bertz CT molecular complexity index is 3670. The number of nitrogens with zero attached hydrogens (tertiary/aromatic N) is 5. The minimum atomic E-state index is -0.759. The molecule has 0 saturated heterocycles. The maximum atomic E-state index is 9.80. The zero-order valence-electron chi connectivity index (χ0n) is 32.0. The first-order chi connectivity index (χ1) is 29.7. The van der Waals surface area contributed by atoms with Gasteiger partial charge in [0.25, 0.3) is 0 Å². The molecule has 11 aromatic rings. The van der Waals surface area contributed by atoms with Gasteiger partial charge in [0.2, 0.25) is 0 Å². The molecule has 1 aliphatic carbocycles. The van der Waals surface area contributed by atoms with Crippen LogP contribution in [-0.4, -0.2) is 19.1 Å². The van der Waals surface area contributed by atoms with Gasteiger partial charge in [-0.2, -0.15) is 5.26 Å². The van der Waals surface area contributed by atoms with Crippen molar-refractivity contribution in [2.45, 2.75) is 5.41 Å². The Balaban J connectivity index is 1.04. The van der Waals surface area contributed by atoms with Crippen molar-refractivity contribution in [2.24, 2.45) is 0 Å². The van der Waals surface area contributed by atoms with E-state index in [1.54, 1.807) is 0 Å². The SMILES string of the molecule is N#Cc1ccc2c(c1)c1ccccc1n2-c1cnc2c(c1)C1(c3ccccc3Oc3cc(-c4ccc5c(c4)c4ccccc4n5-c4ccccc4)ccc31)c1cccnc1-2. The fourth-order valence-corrected chi connectivity index (χ4v) is 10.2. The first kappa shape index (κ1) is 32.8. The van der Waals surface area contributed by atoms with E-state index >= 15 is 0 Å². The minimum Gasteiger partial charge on any atom is -0.457 e. The lowest BCUT2D eigenvalue weighted by Gasteiger charge is -2.39. The Morgan fingerprint density at radius 3 is 1.88 bits per heavy atom. The van der Waals surface area contributed by atoms with Crippen LogP contribution >= 0.6 is 0 Å². The highest BCUT2D eigenvalue weighted by Gasteiger charge is 2.52. The summed E-state index contributed by atoms with van der Waals surface area (Å²) in [6.07, 6.45) is 3.82. The largest absolute Gasteiger partial charge is 0.457 e. The van der Waals surface area contributed by atoms with E-state index in [4.69, 9.17) is 14.7 Å². The molecule has 4 aromatic heterocycles. The Morgan fingerprint density at radius 2 is 1.07 bits per heavy atom. The number of ether oxygens (including phenoxy) is 1. The molecule has 6 nitrogen and oxygen atoms in total. The normalized spacial score (nSPS) is 14.8. The summed E-state index contributed by atoms with van der Waals surface area (Å²) in [6, 6.07) is 64.2. The highest BCUT2D eigenvalue weighted by Crippen LogP contribution is 2.62. The van der Waals surface area contributed by atoms with Crippen LogP contribution in [0.5, 0.6) is 11.5 Å². The van der Waals surface area contributed by atoms with Crippen molar-refractivity contribution in [1.29, 1.82) is 5.26 Å². The molecule has 5 heterocycles. The van der Waals surface area contributed by atoms with Gasteiger partial charge in [-0.1, -0.05) is 97.1 Å². The van der Waals surface area contributed by atoms with E-state index in [0.717, 1.165) is 95.0 Å². The maximum absolute atomic E-state index is 9.80. The van der Waals surface area contributed by atoms with Crippen LogP contribution in [0, 0.1) is 11.3 Å². The van der Waals surface area contributed by atoms with Gasteiger partial charge in [0, 0.05) is 50.1 Å². The molecule has 0 N–H and O–H groups in total. The number of hydrogen-bond acceptors (Lipinski definition) is 4. The smallest absolute Gasteiger partial charge is 0.132 e.